The van der Waals surface area contributed by atoms with E-state index in [4.69, 9.17) is 23.2 Å². The van der Waals surface area contributed by atoms with Gasteiger partial charge in [0.1, 0.15) is 5.82 Å². The van der Waals surface area contributed by atoms with E-state index in [0.29, 0.717) is 6.04 Å². The van der Waals surface area contributed by atoms with Crippen LogP contribution in [0.3, 0.4) is 0 Å². The van der Waals surface area contributed by atoms with Crippen molar-refractivity contribution in [3.63, 3.8) is 0 Å². The summed E-state index contributed by atoms with van der Waals surface area (Å²) in [6, 6.07) is 6.17. The highest BCUT2D eigenvalue weighted by Gasteiger charge is 2.29. The predicted molar refractivity (Wildman–Crippen MR) is 62.7 cm³/mol. The first-order valence-electron chi connectivity index (χ1n) is 4.98. The van der Waals surface area contributed by atoms with Crippen LogP contribution in [0.2, 0.25) is 5.02 Å². The molecule has 0 bridgehead atoms. The molecule has 1 aromatic carbocycles. The van der Waals surface area contributed by atoms with Crippen LogP contribution in [0.5, 0.6) is 0 Å². The lowest BCUT2D eigenvalue weighted by atomic mass is 10.2. The molecule has 2 atom stereocenters. The second-order valence-corrected chi connectivity index (χ2v) is 4.99. The average Bonchev–Trinajstić information content (AvgIpc) is 2.67. The standard InChI is InChI=1S/C11H10Cl2N2/c1-6-4-8(13)11-14-9-3-2-7(12)5-10(9)15(6)11/h2-3,5-6,8H,4H2,1H3/t6-,8-/m0/s1. The van der Waals surface area contributed by atoms with Crippen molar-refractivity contribution in [3.05, 3.63) is 29.0 Å². The van der Waals surface area contributed by atoms with Gasteiger partial charge in [0.25, 0.3) is 0 Å². The minimum absolute atomic E-state index is 0.0335. The molecule has 2 aromatic rings. The number of hydrogen-bond acceptors (Lipinski definition) is 1. The fraction of sp³-hybridized carbons (Fsp3) is 0.364. The molecule has 0 saturated heterocycles. The highest BCUT2D eigenvalue weighted by molar-refractivity contribution is 6.31. The molecule has 0 saturated carbocycles. The molecule has 1 aliphatic heterocycles. The predicted octanol–water partition coefficient (Wildman–Crippen LogP) is 3.93. The van der Waals surface area contributed by atoms with Crippen molar-refractivity contribution in [2.24, 2.45) is 0 Å². The Balaban J connectivity index is 2.36. The third kappa shape index (κ3) is 1.28. The van der Waals surface area contributed by atoms with Gasteiger partial charge < -0.3 is 4.57 Å². The van der Waals surface area contributed by atoms with Gasteiger partial charge in [0.15, 0.2) is 0 Å². The second-order valence-electron chi connectivity index (χ2n) is 4.03. The monoisotopic (exact) mass is 240 g/mol. The van der Waals surface area contributed by atoms with Gasteiger partial charge >= 0.3 is 0 Å². The van der Waals surface area contributed by atoms with E-state index < -0.39 is 0 Å². The fourth-order valence-electron chi connectivity index (χ4n) is 2.28. The van der Waals surface area contributed by atoms with Gasteiger partial charge in [0, 0.05) is 11.1 Å². The molecule has 0 spiro atoms. The van der Waals surface area contributed by atoms with E-state index in [1.807, 2.05) is 18.2 Å². The minimum atomic E-state index is 0.0335. The van der Waals surface area contributed by atoms with Gasteiger partial charge in [-0.25, -0.2) is 4.98 Å². The van der Waals surface area contributed by atoms with Gasteiger partial charge in [-0.05, 0) is 31.5 Å². The van der Waals surface area contributed by atoms with E-state index in [1.165, 1.54) is 0 Å². The molecule has 4 heteroatoms. The van der Waals surface area contributed by atoms with Gasteiger partial charge in [-0.15, -0.1) is 11.6 Å². The Morgan fingerprint density at radius 2 is 2.27 bits per heavy atom. The van der Waals surface area contributed by atoms with E-state index in [0.717, 1.165) is 28.3 Å². The lowest BCUT2D eigenvalue weighted by Gasteiger charge is -2.06. The first kappa shape index (κ1) is 9.49. The number of fused-ring (bicyclic) bond motifs is 3. The van der Waals surface area contributed by atoms with Crippen molar-refractivity contribution in [3.8, 4) is 0 Å². The summed E-state index contributed by atoms with van der Waals surface area (Å²) in [5, 5.41) is 0.779. The molecule has 1 aromatic heterocycles. The minimum Gasteiger partial charge on any atom is -0.324 e. The van der Waals surface area contributed by atoms with Gasteiger partial charge in [0.05, 0.1) is 16.4 Å². The number of rotatable bonds is 0. The highest BCUT2D eigenvalue weighted by Crippen LogP contribution is 2.41. The number of alkyl halides is 1. The zero-order valence-electron chi connectivity index (χ0n) is 8.24. The molecule has 1 aliphatic rings. The number of benzene rings is 1. The lowest BCUT2D eigenvalue weighted by molar-refractivity contribution is 0.593. The summed E-state index contributed by atoms with van der Waals surface area (Å²) in [5.74, 6) is 0.974. The summed E-state index contributed by atoms with van der Waals surface area (Å²) in [4.78, 5) is 4.54. The largest absolute Gasteiger partial charge is 0.324 e. The van der Waals surface area contributed by atoms with Crippen LogP contribution >= 0.6 is 23.2 Å². The molecule has 0 fully saturated rings. The summed E-state index contributed by atoms with van der Waals surface area (Å²) >= 11 is 12.2. The van der Waals surface area contributed by atoms with E-state index in [-0.39, 0.29) is 5.38 Å². The Morgan fingerprint density at radius 3 is 3.07 bits per heavy atom. The topological polar surface area (TPSA) is 17.8 Å². The number of hydrogen-bond donors (Lipinski definition) is 0. The Labute approximate surface area is 97.8 Å². The third-order valence-corrected chi connectivity index (χ3v) is 3.56. The molecule has 0 aliphatic carbocycles. The van der Waals surface area contributed by atoms with Crippen LogP contribution in [-0.2, 0) is 0 Å². The third-order valence-electron chi connectivity index (χ3n) is 2.95. The lowest BCUT2D eigenvalue weighted by Crippen LogP contribution is -1.97. The Hall–Kier alpha value is -0.730. The second kappa shape index (κ2) is 3.13. The molecular weight excluding hydrogens is 231 g/mol. The SMILES string of the molecule is C[C@H]1C[C@H](Cl)c2nc3ccc(Cl)cc3n21. The zero-order valence-corrected chi connectivity index (χ0v) is 9.76. The van der Waals surface area contributed by atoms with Crippen molar-refractivity contribution in [1.82, 2.24) is 9.55 Å². The maximum atomic E-state index is 6.23. The van der Waals surface area contributed by atoms with Crippen molar-refractivity contribution in [1.29, 1.82) is 0 Å². The zero-order chi connectivity index (χ0) is 10.6. The van der Waals surface area contributed by atoms with Crippen LogP contribution in [0.1, 0.15) is 30.6 Å². The number of aromatic nitrogens is 2. The quantitative estimate of drug-likeness (QED) is 0.639. The van der Waals surface area contributed by atoms with E-state index in [2.05, 4.69) is 16.5 Å². The molecule has 15 heavy (non-hydrogen) atoms. The molecule has 3 rings (SSSR count). The number of halogens is 2. The highest BCUT2D eigenvalue weighted by atomic mass is 35.5. The summed E-state index contributed by atoms with van der Waals surface area (Å²) in [6.45, 7) is 2.16. The molecule has 0 unspecified atom stereocenters. The molecular formula is C11H10Cl2N2. The van der Waals surface area contributed by atoms with Gasteiger partial charge in [-0.2, -0.15) is 0 Å². The van der Waals surface area contributed by atoms with E-state index >= 15 is 0 Å². The van der Waals surface area contributed by atoms with Gasteiger partial charge in [-0.3, -0.25) is 0 Å². The van der Waals surface area contributed by atoms with Gasteiger partial charge in [-0.1, -0.05) is 11.6 Å². The van der Waals surface area contributed by atoms with Crippen LogP contribution in [-0.4, -0.2) is 9.55 Å². The average molecular weight is 241 g/mol. The number of imidazole rings is 1. The van der Waals surface area contributed by atoms with E-state index in [9.17, 15) is 0 Å². The van der Waals surface area contributed by atoms with Crippen LogP contribution in [0.4, 0.5) is 0 Å². The molecule has 0 N–H and O–H groups in total. The smallest absolute Gasteiger partial charge is 0.128 e. The first-order valence-corrected chi connectivity index (χ1v) is 5.79. The van der Waals surface area contributed by atoms with Crippen LogP contribution < -0.4 is 0 Å². The molecule has 0 radical (unpaired) electrons. The summed E-state index contributed by atoms with van der Waals surface area (Å²) in [5.41, 5.74) is 2.07. The van der Waals surface area contributed by atoms with Crippen LogP contribution in [0, 0.1) is 0 Å². The normalized spacial score (nSPS) is 24.7. The molecule has 78 valence electrons. The van der Waals surface area contributed by atoms with Crippen LogP contribution in [0.15, 0.2) is 18.2 Å². The molecule has 2 nitrogen and oxygen atoms in total. The summed E-state index contributed by atoms with van der Waals surface area (Å²) in [6.07, 6.45) is 0.951. The van der Waals surface area contributed by atoms with Crippen molar-refractivity contribution < 1.29 is 0 Å². The Kier molecular flexibility index (Phi) is 1.98. The number of nitrogens with zero attached hydrogens (tertiary/aromatic N) is 2. The molecule has 0 amide bonds. The van der Waals surface area contributed by atoms with Crippen molar-refractivity contribution in [2.75, 3.05) is 0 Å². The van der Waals surface area contributed by atoms with Crippen LogP contribution in [0.25, 0.3) is 11.0 Å². The Morgan fingerprint density at radius 1 is 1.47 bits per heavy atom. The van der Waals surface area contributed by atoms with Crippen molar-refractivity contribution in [2.45, 2.75) is 24.8 Å². The van der Waals surface area contributed by atoms with Crippen molar-refractivity contribution >= 4 is 34.2 Å². The Bertz CT molecular complexity index is 533. The van der Waals surface area contributed by atoms with E-state index in [1.54, 1.807) is 0 Å². The first-order chi connectivity index (χ1) is 7.16. The fourth-order valence-corrected chi connectivity index (χ4v) is 2.86. The maximum absolute atomic E-state index is 6.23. The maximum Gasteiger partial charge on any atom is 0.128 e. The summed E-state index contributed by atoms with van der Waals surface area (Å²) in [7, 11) is 0. The molecule has 2 heterocycles. The van der Waals surface area contributed by atoms with Gasteiger partial charge in [0.2, 0.25) is 0 Å². The summed E-state index contributed by atoms with van der Waals surface area (Å²) < 4.78 is 2.19.